The predicted molar refractivity (Wildman–Crippen MR) is 125 cm³/mol. The number of sulfonamides is 1. The molecular weight excluding hydrogens is 408 g/mol. The van der Waals surface area contributed by atoms with Crippen molar-refractivity contribution in [2.24, 2.45) is 0 Å². The Morgan fingerprint density at radius 2 is 1.45 bits per heavy atom. The van der Waals surface area contributed by atoms with E-state index < -0.39 is 10.0 Å². The molecule has 162 valence electrons. The monoisotopic (exact) mass is 436 g/mol. The van der Waals surface area contributed by atoms with Gasteiger partial charge in [0.1, 0.15) is 0 Å². The van der Waals surface area contributed by atoms with Crippen molar-refractivity contribution < 1.29 is 13.2 Å². The van der Waals surface area contributed by atoms with Gasteiger partial charge in [-0.05, 0) is 48.4 Å². The lowest BCUT2D eigenvalue weighted by Crippen LogP contribution is -2.30. The molecule has 0 aliphatic rings. The molecule has 0 unspecified atom stereocenters. The maximum atomic E-state index is 13.3. The van der Waals surface area contributed by atoms with E-state index in [0.717, 1.165) is 24.8 Å². The molecule has 0 atom stereocenters. The Kier molecular flexibility index (Phi) is 7.84. The Balaban J connectivity index is 1.80. The van der Waals surface area contributed by atoms with Gasteiger partial charge >= 0.3 is 0 Å². The van der Waals surface area contributed by atoms with Gasteiger partial charge in [0.05, 0.1) is 17.1 Å². The summed E-state index contributed by atoms with van der Waals surface area (Å²) in [7, 11) is -3.74. The summed E-state index contributed by atoms with van der Waals surface area (Å²) in [5.41, 5.74) is 1.95. The average molecular weight is 437 g/mol. The minimum Gasteiger partial charge on any atom is -0.352 e. The van der Waals surface area contributed by atoms with Gasteiger partial charge in [-0.15, -0.1) is 0 Å². The molecule has 0 saturated heterocycles. The highest BCUT2D eigenvalue weighted by Crippen LogP contribution is 2.25. The van der Waals surface area contributed by atoms with Crippen LogP contribution in [0.3, 0.4) is 0 Å². The molecule has 0 heterocycles. The van der Waals surface area contributed by atoms with Crippen LogP contribution >= 0.6 is 0 Å². The van der Waals surface area contributed by atoms with E-state index in [0.29, 0.717) is 17.8 Å². The SMILES string of the molecule is CCCCCNC(=O)c1ccc(CN(c2ccccc2)S(=O)(=O)c2ccccc2)cc1. The summed E-state index contributed by atoms with van der Waals surface area (Å²) in [6.45, 7) is 2.95. The first-order valence-corrected chi connectivity index (χ1v) is 12.0. The maximum Gasteiger partial charge on any atom is 0.264 e. The lowest BCUT2D eigenvalue weighted by molar-refractivity contribution is 0.0953. The van der Waals surface area contributed by atoms with Crippen molar-refractivity contribution in [2.45, 2.75) is 37.6 Å². The van der Waals surface area contributed by atoms with Crippen molar-refractivity contribution in [3.8, 4) is 0 Å². The van der Waals surface area contributed by atoms with Gasteiger partial charge in [0.15, 0.2) is 0 Å². The number of unbranched alkanes of at least 4 members (excludes halogenated alkanes) is 2. The molecule has 0 fully saturated rings. The van der Waals surface area contributed by atoms with Gasteiger partial charge in [0.25, 0.3) is 15.9 Å². The molecule has 3 aromatic rings. The van der Waals surface area contributed by atoms with Crippen LogP contribution in [0.2, 0.25) is 0 Å². The van der Waals surface area contributed by atoms with Crippen LogP contribution in [-0.4, -0.2) is 20.9 Å². The van der Waals surface area contributed by atoms with Crippen molar-refractivity contribution in [2.75, 3.05) is 10.8 Å². The third-order valence-corrected chi connectivity index (χ3v) is 6.77. The Labute approximate surface area is 184 Å². The molecule has 0 aromatic heterocycles. The first-order chi connectivity index (χ1) is 15.0. The number of amides is 1. The Hall–Kier alpha value is -3.12. The molecule has 1 amide bonds. The number of para-hydroxylation sites is 1. The zero-order valence-corrected chi connectivity index (χ0v) is 18.5. The predicted octanol–water partition coefficient (Wildman–Crippen LogP) is 5.00. The fourth-order valence-electron chi connectivity index (χ4n) is 3.24. The van der Waals surface area contributed by atoms with Crippen molar-refractivity contribution in [3.05, 3.63) is 96.1 Å². The molecule has 1 N–H and O–H groups in total. The molecule has 0 spiro atoms. The Morgan fingerprint density at radius 3 is 2.06 bits per heavy atom. The maximum absolute atomic E-state index is 13.3. The van der Waals surface area contributed by atoms with Crippen molar-refractivity contribution in [1.29, 1.82) is 0 Å². The number of rotatable bonds is 10. The van der Waals surface area contributed by atoms with Gasteiger partial charge in [0.2, 0.25) is 0 Å². The van der Waals surface area contributed by atoms with Crippen LogP contribution in [0.5, 0.6) is 0 Å². The molecule has 0 aliphatic heterocycles. The van der Waals surface area contributed by atoms with Gasteiger partial charge in [-0.25, -0.2) is 8.42 Å². The molecule has 6 heteroatoms. The third kappa shape index (κ3) is 5.95. The molecular formula is C25H28N2O3S. The topological polar surface area (TPSA) is 66.5 Å². The number of hydrogen-bond donors (Lipinski definition) is 1. The highest BCUT2D eigenvalue weighted by molar-refractivity contribution is 7.92. The van der Waals surface area contributed by atoms with Crippen LogP contribution < -0.4 is 9.62 Å². The number of nitrogens with one attached hydrogen (secondary N) is 1. The van der Waals surface area contributed by atoms with Crippen molar-refractivity contribution in [1.82, 2.24) is 5.32 Å². The fourth-order valence-corrected chi connectivity index (χ4v) is 4.71. The van der Waals surface area contributed by atoms with Gasteiger partial charge in [0, 0.05) is 12.1 Å². The molecule has 5 nitrogen and oxygen atoms in total. The second-order valence-corrected chi connectivity index (χ2v) is 9.18. The van der Waals surface area contributed by atoms with E-state index in [-0.39, 0.29) is 17.3 Å². The Bertz CT molecular complexity index is 1070. The van der Waals surface area contributed by atoms with E-state index in [9.17, 15) is 13.2 Å². The minimum atomic E-state index is -3.74. The first kappa shape index (κ1) is 22.6. The average Bonchev–Trinajstić information content (AvgIpc) is 2.81. The van der Waals surface area contributed by atoms with Gasteiger partial charge in [-0.3, -0.25) is 9.10 Å². The molecule has 0 aliphatic carbocycles. The highest BCUT2D eigenvalue weighted by atomic mass is 32.2. The summed E-state index contributed by atoms with van der Waals surface area (Å²) in [6.07, 6.45) is 3.16. The van der Waals surface area contributed by atoms with E-state index in [1.807, 2.05) is 18.2 Å². The van der Waals surface area contributed by atoms with E-state index in [1.54, 1.807) is 66.7 Å². The largest absolute Gasteiger partial charge is 0.352 e. The second kappa shape index (κ2) is 10.8. The smallest absolute Gasteiger partial charge is 0.264 e. The summed E-state index contributed by atoms with van der Waals surface area (Å²) >= 11 is 0. The van der Waals surface area contributed by atoms with Crippen molar-refractivity contribution >= 4 is 21.6 Å². The molecule has 3 aromatic carbocycles. The normalized spacial score (nSPS) is 11.1. The fraction of sp³-hybridized carbons (Fsp3) is 0.240. The molecule has 3 rings (SSSR count). The van der Waals surface area contributed by atoms with Gasteiger partial charge < -0.3 is 5.32 Å². The molecule has 0 saturated carbocycles. The zero-order chi connectivity index (χ0) is 22.1. The zero-order valence-electron chi connectivity index (χ0n) is 17.7. The summed E-state index contributed by atoms with van der Waals surface area (Å²) < 4.78 is 28.1. The van der Waals surface area contributed by atoms with Gasteiger partial charge in [-0.1, -0.05) is 68.3 Å². The van der Waals surface area contributed by atoms with Crippen LogP contribution in [0.25, 0.3) is 0 Å². The van der Waals surface area contributed by atoms with E-state index in [2.05, 4.69) is 12.2 Å². The third-order valence-electron chi connectivity index (χ3n) is 4.98. The van der Waals surface area contributed by atoms with Crippen molar-refractivity contribution in [3.63, 3.8) is 0 Å². The number of hydrogen-bond acceptors (Lipinski definition) is 3. The number of carbonyl (C=O) groups excluding carboxylic acids is 1. The molecule has 0 radical (unpaired) electrons. The minimum absolute atomic E-state index is 0.112. The van der Waals surface area contributed by atoms with Crippen LogP contribution in [0.1, 0.15) is 42.1 Å². The lowest BCUT2D eigenvalue weighted by atomic mass is 10.1. The molecule has 31 heavy (non-hydrogen) atoms. The second-order valence-electron chi connectivity index (χ2n) is 7.32. The van der Waals surface area contributed by atoms with Crippen LogP contribution in [-0.2, 0) is 16.6 Å². The number of anilines is 1. The van der Waals surface area contributed by atoms with Gasteiger partial charge in [-0.2, -0.15) is 0 Å². The Morgan fingerprint density at radius 1 is 0.839 bits per heavy atom. The van der Waals surface area contributed by atoms with E-state index in [1.165, 1.54) is 4.31 Å². The summed E-state index contributed by atoms with van der Waals surface area (Å²) in [4.78, 5) is 12.5. The standard InChI is InChI=1S/C25H28N2O3S/c1-2-3-10-19-26-25(28)22-17-15-21(16-18-22)20-27(23-11-6-4-7-12-23)31(29,30)24-13-8-5-9-14-24/h4-9,11-18H,2-3,10,19-20H2,1H3,(H,26,28). The summed E-state index contributed by atoms with van der Waals surface area (Å²) in [5, 5.41) is 2.92. The van der Waals surface area contributed by atoms with Crippen LogP contribution in [0.4, 0.5) is 5.69 Å². The van der Waals surface area contributed by atoms with E-state index in [4.69, 9.17) is 0 Å². The van der Waals surface area contributed by atoms with Crippen LogP contribution in [0, 0.1) is 0 Å². The quantitative estimate of drug-likeness (QED) is 0.455. The first-order valence-electron chi connectivity index (χ1n) is 10.5. The lowest BCUT2D eigenvalue weighted by Gasteiger charge is -2.25. The van der Waals surface area contributed by atoms with Crippen LogP contribution in [0.15, 0.2) is 89.8 Å². The number of benzene rings is 3. The highest BCUT2D eigenvalue weighted by Gasteiger charge is 2.25. The number of nitrogens with zero attached hydrogens (tertiary/aromatic N) is 1. The van der Waals surface area contributed by atoms with E-state index >= 15 is 0 Å². The molecule has 0 bridgehead atoms. The summed E-state index contributed by atoms with van der Waals surface area (Å²) in [5.74, 6) is -0.112. The number of carbonyl (C=O) groups is 1. The summed E-state index contributed by atoms with van der Waals surface area (Å²) in [6, 6.07) is 24.5.